The number of morpholine rings is 1. The summed E-state index contributed by atoms with van der Waals surface area (Å²) in [4.78, 5) is 2.07. The number of rotatable bonds is 7. The van der Waals surface area contributed by atoms with Gasteiger partial charge in [0.25, 0.3) is 0 Å². The predicted octanol–water partition coefficient (Wildman–Crippen LogP) is 2.25. The van der Waals surface area contributed by atoms with Gasteiger partial charge in [-0.25, -0.2) is 17.5 Å². The Balaban J connectivity index is 1.76. The highest BCUT2D eigenvalue weighted by molar-refractivity contribution is 7.89. The lowest BCUT2D eigenvalue weighted by Gasteiger charge is -2.34. The largest absolute Gasteiger partial charge is 0.494 e. The van der Waals surface area contributed by atoms with Crippen LogP contribution in [0.2, 0.25) is 0 Å². The Kier molecular flexibility index (Phi) is 6.25. The van der Waals surface area contributed by atoms with Gasteiger partial charge < -0.3 is 9.47 Å². The van der Waals surface area contributed by atoms with Crippen LogP contribution in [0.3, 0.4) is 0 Å². The number of nitrogens with one attached hydrogen (secondary N) is 1. The number of methoxy groups -OCH3 is 1. The van der Waals surface area contributed by atoms with Gasteiger partial charge in [0.1, 0.15) is 0 Å². The molecule has 2 aromatic rings. The van der Waals surface area contributed by atoms with Crippen LogP contribution in [0.25, 0.3) is 0 Å². The van der Waals surface area contributed by atoms with Crippen molar-refractivity contribution >= 4 is 21.4 Å². The molecular weight excluding hydrogens is 379 g/mol. The van der Waals surface area contributed by atoms with Crippen molar-refractivity contribution in [3.63, 3.8) is 0 Å². The molecular formula is C17H21FN2O4S2. The molecule has 1 aliphatic heterocycles. The highest BCUT2D eigenvalue weighted by Gasteiger charge is 2.25. The second-order valence-corrected chi connectivity index (χ2v) is 8.42. The van der Waals surface area contributed by atoms with Crippen LogP contribution in [-0.2, 0) is 14.8 Å². The molecule has 9 heteroatoms. The predicted molar refractivity (Wildman–Crippen MR) is 97.6 cm³/mol. The average molecular weight is 400 g/mol. The lowest BCUT2D eigenvalue weighted by atomic mass is 10.1. The second-order valence-electron chi connectivity index (χ2n) is 5.87. The van der Waals surface area contributed by atoms with E-state index in [-0.39, 0.29) is 23.2 Å². The van der Waals surface area contributed by atoms with Crippen LogP contribution in [-0.4, -0.2) is 53.3 Å². The maximum atomic E-state index is 13.9. The first kappa shape index (κ1) is 19.2. The van der Waals surface area contributed by atoms with Gasteiger partial charge >= 0.3 is 0 Å². The van der Waals surface area contributed by atoms with Crippen molar-refractivity contribution in [3.05, 3.63) is 46.4 Å². The van der Waals surface area contributed by atoms with Crippen LogP contribution in [0, 0.1) is 5.82 Å². The molecule has 1 saturated heterocycles. The van der Waals surface area contributed by atoms with E-state index in [1.54, 1.807) is 11.3 Å². The van der Waals surface area contributed by atoms with E-state index in [0.29, 0.717) is 13.2 Å². The molecule has 6 nitrogen and oxygen atoms in total. The van der Waals surface area contributed by atoms with Gasteiger partial charge in [-0.15, -0.1) is 0 Å². The van der Waals surface area contributed by atoms with Crippen molar-refractivity contribution < 1.29 is 22.3 Å². The van der Waals surface area contributed by atoms with E-state index in [1.165, 1.54) is 19.2 Å². The number of hydrogen-bond acceptors (Lipinski definition) is 6. The van der Waals surface area contributed by atoms with Crippen molar-refractivity contribution in [1.82, 2.24) is 9.62 Å². The van der Waals surface area contributed by atoms with Gasteiger partial charge in [-0.05, 0) is 40.6 Å². The van der Waals surface area contributed by atoms with Gasteiger partial charge in [0.05, 0.1) is 25.2 Å². The maximum Gasteiger partial charge on any atom is 0.240 e. The summed E-state index contributed by atoms with van der Waals surface area (Å²) in [6.07, 6.45) is 0. The summed E-state index contributed by atoms with van der Waals surface area (Å²) in [5, 5.41) is 3.98. The van der Waals surface area contributed by atoms with E-state index in [9.17, 15) is 12.8 Å². The molecule has 1 atom stereocenters. The molecule has 1 aromatic heterocycles. The molecule has 0 amide bonds. The van der Waals surface area contributed by atoms with Crippen molar-refractivity contribution in [1.29, 1.82) is 0 Å². The highest BCUT2D eigenvalue weighted by atomic mass is 32.2. The summed E-state index contributed by atoms with van der Waals surface area (Å²) in [5.74, 6) is -0.702. The minimum Gasteiger partial charge on any atom is -0.494 e. The summed E-state index contributed by atoms with van der Waals surface area (Å²) in [5.41, 5.74) is 1.06. The minimum atomic E-state index is -3.83. The van der Waals surface area contributed by atoms with E-state index in [4.69, 9.17) is 9.47 Å². The van der Waals surface area contributed by atoms with Crippen LogP contribution < -0.4 is 9.46 Å². The molecule has 1 aromatic carbocycles. The number of halogens is 1. The SMILES string of the molecule is COc1ccc(S(=O)(=O)NC[C@@H](c2ccsc2)N2CCOCC2)cc1F. The summed E-state index contributed by atoms with van der Waals surface area (Å²) >= 11 is 1.57. The number of nitrogens with zero attached hydrogens (tertiary/aromatic N) is 1. The normalized spacial score (nSPS) is 17.2. The highest BCUT2D eigenvalue weighted by Crippen LogP contribution is 2.25. The number of hydrogen-bond donors (Lipinski definition) is 1. The van der Waals surface area contributed by atoms with Crippen molar-refractivity contribution in [2.75, 3.05) is 40.0 Å². The minimum absolute atomic E-state index is 0.00779. The van der Waals surface area contributed by atoms with Crippen LogP contribution >= 0.6 is 11.3 Å². The first-order chi connectivity index (χ1) is 12.5. The molecule has 1 N–H and O–H groups in total. The average Bonchev–Trinajstić information content (AvgIpc) is 3.17. The Labute approximate surface area is 156 Å². The van der Waals surface area contributed by atoms with Gasteiger partial charge in [0, 0.05) is 25.7 Å². The molecule has 0 unspecified atom stereocenters. The molecule has 0 radical (unpaired) electrons. The quantitative estimate of drug-likeness (QED) is 0.772. The Morgan fingerprint density at radius 3 is 2.73 bits per heavy atom. The fraction of sp³-hybridized carbons (Fsp3) is 0.412. The summed E-state index contributed by atoms with van der Waals surface area (Å²) in [7, 11) is -2.50. The van der Waals surface area contributed by atoms with Gasteiger partial charge in [-0.2, -0.15) is 11.3 Å². The van der Waals surface area contributed by atoms with Crippen molar-refractivity contribution in [3.8, 4) is 5.75 Å². The van der Waals surface area contributed by atoms with E-state index in [2.05, 4.69) is 9.62 Å². The molecule has 142 valence electrons. The molecule has 0 aliphatic carbocycles. The second kappa shape index (κ2) is 8.45. The summed E-state index contributed by atoms with van der Waals surface area (Å²) in [6.45, 7) is 2.92. The molecule has 1 fully saturated rings. The Morgan fingerprint density at radius 2 is 2.12 bits per heavy atom. The first-order valence-corrected chi connectivity index (χ1v) is 10.6. The van der Waals surface area contributed by atoms with Crippen molar-refractivity contribution in [2.24, 2.45) is 0 Å². The maximum absolute atomic E-state index is 13.9. The summed E-state index contributed by atoms with van der Waals surface area (Å²) < 4.78 is 51.8. The molecule has 2 heterocycles. The van der Waals surface area contributed by atoms with E-state index >= 15 is 0 Å². The standard InChI is InChI=1S/C17H21FN2O4S2/c1-23-17-3-2-14(10-15(17)18)26(21,22)19-11-16(13-4-9-25-12-13)20-5-7-24-8-6-20/h2-4,9-10,12,16,19H,5-8,11H2,1H3/t16-/m0/s1. The Morgan fingerprint density at radius 1 is 1.35 bits per heavy atom. The van der Waals surface area contributed by atoms with E-state index in [1.807, 2.05) is 16.8 Å². The molecule has 3 rings (SSSR count). The number of benzene rings is 1. The molecule has 1 aliphatic rings. The van der Waals surface area contributed by atoms with Crippen LogP contribution in [0.4, 0.5) is 4.39 Å². The van der Waals surface area contributed by atoms with E-state index < -0.39 is 15.8 Å². The molecule has 0 saturated carbocycles. The monoisotopic (exact) mass is 400 g/mol. The molecule has 0 spiro atoms. The Hall–Kier alpha value is -1.52. The third kappa shape index (κ3) is 4.41. The van der Waals surface area contributed by atoms with Gasteiger partial charge in [-0.1, -0.05) is 0 Å². The Bertz CT molecular complexity index is 821. The van der Waals surface area contributed by atoms with Gasteiger partial charge in [0.15, 0.2) is 11.6 Å². The molecule has 0 bridgehead atoms. The van der Waals surface area contributed by atoms with Crippen LogP contribution in [0.15, 0.2) is 39.9 Å². The summed E-state index contributed by atoms with van der Waals surface area (Å²) in [6, 6.07) is 5.51. The molecule has 26 heavy (non-hydrogen) atoms. The third-order valence-corrected chi connectivity index (χ3v) is 6.44. The van der Waals surface area contributed by atoms with Crippen molar-refractivity contribution in [2.45, 2.75) is 10.9 Å². The fourth-order valence-corrected chi connectivity index (χ4v) is 4.65. The van der Waals surface area contributed by atoms with Gasteiger partial charge in [-0.3, -0.25) is 4.90 Å². The lowest BCUT2D eigenvalue weighted by molar-refractivity contribution is 0.0173. The number of ether oxygens (including phenoxy) is 2. The van der Waals surface area contributed by atoms with E-state index in [0.717, 1.165) is 24.7 Å². The smallest absolute Gasteiger partial charge is 0.240 e. The zero-order valence-corrected chi connectivity index (χ0v) is 16.0. The zero-order chi connectivity index (χ0) is 18.6. The van der Waals surface area contributed by atoms with Crippen LogP contribution in [0.5, 0.6) is 5.75 Å². The van der Waals surface area contributed by atoms with Gasteiger partial charge in [0.2, 0.25) is 10.0 Å². The third-order valence-electron chi connectivity index (χ3n) is 4.31. The number of thiophene rings is 1. The number of sulfonamides is 1. The van der Waals surface area contributed by atoms with Crippen LogP contribution in [0.1, 0.15) is 11.6 Å². The fourth-order valence-electron chi connectivity index (χ4n) is 2.90. The topological polar surface area (TPSA) is 67.9 Å². The first-order valence-electron chi connectivity index (χ1n) is 8.18. The zero-order valence-electron chi connectivity index (χ0n) is 14.4. The lowest BCUT2D eigenvalue weighted by Crippen LogP contribution is -2.43.